The fourth-order valence-electron chi connectivity index (χ4n) is 2.21. The molecule has 0 spiro atoms. The van der Waals surface area contributed by atoms with Crippen molar-refractivity contribution in [3.05, 3.63) is 22.7 Å². The second-order valence-corrected chi connectivity index (χ2v) is 8.14. The number of nitrogens with one attached hydrogen (secondary N) is 1. The van der Waals surface area contributed by atoms with Gasteiger partial charge in [-0.25, -0.2) is 18.4 Å². The molecule has 0 radical (unpaired) electrons. The summed E-state index contributed by atoms with van der Waals surface area (Å²) in [5.74, 6) is 0.306. The molecular formula is C13H18ClN3O3S. The third kappa shape index (κ3) is 4.14. The van der Waals surface area contributed by atoms with Gasteiger partial charge in [0.2, 0.25) is 0 Å². The third-order valence-electron chi connectivity index (χ3n) is 3.29. The molecule has 1 N–H and O–H groups in total. The normalized spacial score (nSPS) is 21.2. The fourth-order valence-corrected chi connectivity index (χ4v) is 4.02. The van der Waals surface area contributed by atoms with Crippen LogP contribution in [-0.2, 0) is 9.84 Å². The van der Waals surface area contributed by atoms with Crippen LogP contribution < -0.4 is 5.32 Å². The molecule has 1 aromatic heterocycles. The van der Waals surface area contributed by atoms with Crippen LogP contribution in [0.1, 0.15) is 48.9 Å². The van der Waals surface area contributed by atoms with Crippen LogP contribution in [-0.4, -0.2) is 41.8 Å². The number of aromatic nitrogens is 2. The molecule has 2 rings (SSSR count). The van der Waals surface area contributed by atoms with Gasteiger partial charge in [-0.15, -0.1) is 0 Å². The summed E-state index contributed by atoms with van der Waals surface area (Å²) in [7, 11) is -3.07. The third-order valence-corrected chi connectivity index (χ3v) is 5.39. The summed E-state index contributed by atoms with van der Waals surface area (Å²) in [5.41, 5.74) is 0.0957. The highest BCUT2D eigenvalue weighted by molar-refractivity contribution is 7.91. The zero-order chi connectivity index (χ0) is 15.6. The molecule has 1 unspecified atom stereocenters. The van der Waals surface area contributed by atoms with Crippen molar-refractivity contribution >= 4 is 27.3 Å². The second-order valence-electron chi connectivity index (χ2n) is 5.51. The first-order valence-corrected chi connectivity index (χ1v) is 9.02. The highest BCUT2D eigenvalue weighted by Crippen LogP contribution is 2.18. The number of amides is 1. The van der Waals surface area contributed by atoms with Crippen molar-refractivity contribution in [2.24, 2.45) is 0 Å². The molecule has 1 atom stereocenters. The van der Waals surface area contributed by atoms with E-state index in [1.807, 2.05) is 13.8 Å². The molecule has 21 heavy (non-hydrogen) atoms. The van der Waals surface area contributed by atoms with Gasteiger partial charge in [0.05, 0.1) is 22.7 Å². The van der Waals surface area contributed by atoms with Crippen molar-refractivity contribution in [1.82, 2.24) is 15.3 Å². The molecule has 1 aromatic rings. The molecule has 0 bridgehead atoms. The summed E-state index contributed by atoms with van der Waals surface area (Å²) in [6.07, 6.45) is 2.60. The van der Waals surface area contributed by atoms with Crippen molar-refractivity contribution in [3.63, 3.8) is 0 Å². The van der Waals surface area contributed by atoms with Crippen LogP contribution in [0.4, 0.5) is 0 Å². The van der Waals surface area contributed by atoms with Gasteiger partial charge in [0.1, 0.15) is 11.5 Å². The number of hydrogen-bond acceptors (Lipinski definition) is 5. The highest BCUT2D eigenvalue weighted by atomic mass is 35.5. The van der Waals surface area contributed by atoms with Crippen LogP contribution >= 0.6 is 11.6 Å². The standard InChI is InChI=1S/C13H18ClN3O3S/c1-8(2)12-15-6-10(14)11(17-12)13(18)16-9-4-3-5-21(19,20)7-9/h6,8-9H,3-5,7H2,1-2H3,(H,16,18). The highest BCUT2D eigenvalue weighted by Gasteiger charge is 2.27. The summed E-state index contributed by atoms with van der Waals surface area (Å²) in [5, 5.41) is 2.87. The molecule has 0 aromatic carbocycles. The van der Waals surface area contributed by atoms with Crippen molar-refractivity contribution < 1.29 is 13.2 Å². The Kier molecular flexibility index (Phi) is 4.83. The van der Waals surface area contributed by atoms with Crippen LogP contribution in [0.15, 0.2) is 6.20 Å². The zero-order valence-corrected chi connectivity index (χ0v) is 13.5. The van der Waals surface area contributed by atoms with Crippen LogP contribution in [0.2, 0.25) is 5.02 Å². The van der Waals surface area contributed by atoms with Crippen LogP contribution in [0.25, 0.3) is 0 Å². The lowest BCUT2D eigenvalue weighted by molar-refractivity contribution is 0.0933. The van der Waals surface area contributed by atoms with Gasteiger partial charge in [0.15, 0.2) is 9.84 Å². The number of rotatable bonds is 3. The molecule has 1 aliphatic heterocycles. The molecule has 0 aliphatic carbocycles. The van der Waals surface area contributed by atoms with E-state index in [4.69, 9.17) is 11.6 Å². The van der Waals surface area contributed by atoms with Gasteiger partial charge >= 0.3 is 0 Å². The molecule has 1 aliphatic rings. The quantitative estimate of drug-likeness (QED) is 0.908. The monoisotopic (exact) mass is 331 g/mol. The van der Waals surface area contributed by atoms with Crippen molar-refractivity contribution in [2.75, 3.05) is 11.5 Å². The Labute approximate surface area is 129 Å². The van der Waals surface area contributed by atoms with Gasteiger partial charge in [-0.1, -0.05) is 25.4 Å². The Morgan fingerprint density at radius 1 is 1.48 bits per heavy atom. The Morgan fingerprint density at radius 2 is 2.19 bits per heavy atom. The van der Waals surface area contributed by atoms with Gasteiger partial charge in [0, 0.05) is 12.0 Å². The second kappa shape index (κ2) is 6.27. The molecule has 0 saturated carbocycles. The van der Waals surface area contributed by atoms with E-state index in [1.54, 1.807) is 0 Å². The summed E-state index contributed by atoms with van der Waals surface area (Å²) in [6, 6.07) is -0.384. The summed E-state index contributed by atoms with van der Waals surface area (Å²) in [6.45, 7) is 3.83. The molecule has 116 valence electrons. The van der Waals surface area contributed by atoms with Crippen molar-refractivity contribution in [1.29, 1.82) is 0 Å². The first-order chi connectivity index (χ1) is 9.78. The molecular weight excluding hydrogens is 314 g/mol. The van der Waals surface area contributed by atoms with Gasteiger partial charge < -0.3 is 5.32 Å². The number of sulfone groups is 1. The maximum Gasteiger partial charge on any atom is 0.271 e. The van der Waals surface area contributed by atoms with E-state index in [9.17, 15) is 13.2 Å². The molecule has 6 nitrogen and oxygen atoms in total. The van der Waals surface area contributed by atoms with Crippen molar-refractivity contribution in [3.8, 4) is 0 Å². The van der Waals surface area contributed by atoms with E-state index in [0.29, 0.717) is 18.7 Å². The minimum absolute atomic E-state index is 0.0293. The van der Waals surface area contributed by atoms with Crippen LogP contribution in [0, 0.1) is 0 Å². The number of carbonyl (C=O) groups excluding carboxylic acids is 1. The summed E-state index contributed by atoms with van der Waals surface area (Å²) >= 11 is 5.97. The summed E-state index contributed by atoms with van der Waals surface area (Å²) < 4.78 is 23.2. The largest absolute Gasteiger partial charge is 0.347 e. The Morgan fingerprint density at radius 3 is 2.81 bits per heavy atom. The average molecular weight is 332 g/mol. The first kappa shape index (κ1) is 16.2. The maximum absolute atomic E-state index is 12.2. The lowest BCUT2D eigenvalue weighted by Crippen LogP contribution is -2.43. The van der Waals surface area contributed by atoms with Crippen molar-refractivity contribution in [2.45, 2.75) is 38.6 Å². The number of hydrogen-bond donors (Lipinski definition) is 1. The van der Waals surface area contributed by atoms with Gasteiger partial charge in [-0.05, 0) is 12.8 Å². The van der Waals surface area contributed by atoms with Crippen LogP contribution in [0.5, 0.6) is 0 Å². The van der Waals surface area contributed by atoms with E-state index < -0.39 is 15.7 Å². The maximum atomic E-state index is 12.2. The lowest BCUT2D eigenvalue weighted by Gasteiger charge is -2.23. The average Bonchev–Trinajstić information content (AvgIpc) is 2.37. The Balaban J connectivity index is 2.15. The molecule has 1 amide bonds. The van der Waals surface area contributed by atoms with Gasteiger partial charge in [-0.2, -0.15) is 0 Å². The fraction of sp³-hybridized carbons (Fsp3) is 0.615. The van der Waals surface area contributed by atoms with Gasteiger partial charge in [-0.3, -0.25) is 4.79 Å². The lowest BCUT2D eigenvalue weighted by atomic mass is 10.1. The zero-order valence-electron chi connectivity index (χ0n) is 12.0. The SMILES string of the molecule is CC(C)c1ncc(Cl)c(C(=O)NC2CCCS(=O)(=O)C2)n1. The van der Waals surface area contributed by atoms with E-state index in [0.717, 1.165) is 0 Å². The predicted molar refractivity (Wildman–Crippen MR) is 80.3 cm³/mol. The number of carbonyl (C=O) groups is 1. The Hall–Kier alpha value is -1.21. The van der Waals surface area contributed by atoms with E-state index in [2.05, 4.69) is 15.3 Å². The molecule has 1 fully saturated rings. The predicted octanol–water partition coefficient (Wildman–Crippen LogP) is 1.56. The molecule has 8 heteroatoms. The molecule has 1 saturated heterocycles. The number of nitrogens with zero attached hydrogens (tertiary/aromatic N) is 2. The number of halogens is 1. The minimum Gasteiger partial charge on any atom is -0.347 e. The topological polar surface area (TPSA) is 89.0 Å². The smallest absolute Gasteiger partial charge is 0.271 e. The van der Waals surface area contributed by atoms with E-state index >= 15 is 0 Å². The van der Waals surface area contributed by atoms with E-state index in [1.165, 1.54) is 6.20 Å². The van der Waals surface area contributed by atoms with Gasteiger partial charge in [0.25, 0.3) is 5.91 Å². The molecule has 2 heterocycles. The minimum atomic E-state index is -3.07. The Bertz CT molecular complexity index is 646. The summed E-state index contributed by atoms with van der Waals surface area (Å²) in [4.78, 5) is 20.5. The first-order valence-electron chi connectivity index (χ1n) is 6.82. The van der Waals surface area contributed by atoms with E-state index in [-0.39, 0.29) is 34.2 Å². The van der Waals surface area contributed by atoms with Crippen LogP contribution in [0.3, 0.4) is 0 Å².